The summed E-state index contributed by atoms with van der Waals surface area (Å²) in [6.45, 7) is 2.46. The summed E-state index contributed by atoms with van der Waals surface area (Å²) >= 11 is 2.56. The zero-order chi connectivity index (χ0) is 17.6. The highest BCUT2D eigenvalue weighted by Crippen LogP contribution is 2.26. The molecule has 0 radical (unpaired) electrons. The zero-order valence-electron chi connectivity index (χ0n) is 13.5. The molecule has 1 aromatic heterocycles. The van der Waals surface area contributed by atoms with Gasteiger partial charge in [0.05, 0.1) is 5.75 Å². The van der Waals surface area contributed by atoms with Gasteiger partial charge < -0.3 is 5.32 Å². The van der Waals surface area contributed by atoms with Gasteiger partial charge in [0, 0.05) is 11.4 Å². The summed E-state index contributed by atoms with van der Waals surface area (Å²) < 4.78 is 13.6. The lowest BCUT2D eigenvalue weighted by Crippen LogP contribution is -2.22. The molecule has 3 aromatic rings. The van der Waals surface area contributed by atoms with Crippen molar-refractivity contribution in [3.63, 3.8) is 0 Å². The van der Waals surface area contributed by atoms with Crippen LogP contribution in [0.25, 0.3) is 0 Å². The number of aromatic nitrogens is 2. The third kappa shape index (κ3) is 4.87. The van der Waals surface area contributed by atoms with Gasteiger partial charge in [0.25, 0.3) is 5.91 Å². The number of aryl methyl sites for hydroxylation is 1. The van der Waals surface area contributed by atoms with Gasteiger partial charge in [-0.05, 0) is 24.6 Å². The second-order valence-electron chi connectivity index (χ2n) is 5.39. The smallest absolute Gasteiger partial charge is 0.282 e. The summed E-state index contributed by atoms with van der Waals surface area (Å²) in [7, 11) is 0. The molecule has 0 aliphatic rings. The number of carbonyl (C=O) groups excluding carboxylic acids is 1. The number of hydrogen-bond acceptors (Lipinski definition) is 5. The SMILES string of the molecule is Cc1ccc(CNC(=O)c2nnc(CSc3ccccc3F)s2)cc1. The summed E-state index contributed by atoms with van der Waals surface area (Å²) in [6, 6.07) is 14.5. The molecule has 2 aromatic carbocycles. The van der Waals surface area contributed by atoms with E-state index in [4.69, 9.17) is 0 Å². The molecule has 0 saturated carbocycles. The first-order valence-corrected chi connectivity index (χ1v) is 9.45. The van der Waals surface area contributed by atoms with E-state index in [9.17, 15) is 9.18 Å². The van der Waals surface area contributed by atoms with Crippen molar-refractivity contribution in [1.82, 2.24) is 15.5 Å². The van der Waals surface area contributed by atoms with Crippen molar-refractivity contribution < 1.29 is 9.18 Å². The molecule has 1 N–H and O–H groups in total. The van der Waals surface area contributed by atoms with E-state index in [1.807, 2.05) is 31.2 Å². The number of amides is 1. The van der Waals surface area contributed by atoms with Crippen LogP contribution in [0.3, 0.4) is 0 Å². The van der Waals surface area contributed by atoms with Crippen LogP contribution in [-0.4, -0.2) is 16.1 Å². The lowest BCUT2D eigenvalue weighted by Gasteiger charge is -2.03. The molecule has 7 heteroatoms. The average molecular weight is 373 g/mol. The largest absolute Gasteiger partial charge is 0.346 e. The monoisotopic (exact) mass is 373 g/mol. The summed E-state index contributed by atoms with van der Waals surface area (Å²) in [5, 5.41) is 11.8. The van der Waals surface area contributed by atoms with Crippen LogP contribution in [0.4, 0.5) is 4.39 Å². The Bertz CT molecular complexity index is 865. The maximum atomic E-state index is 13.6. The Labute approximate surface area is 153 Å². The van der Waals surface area contributed by atoms with Gasteiger partial charge >= 0.3 is 0 Å². The Morgan fingerprint density at radius 3 is 2.68 bits per heavy atom. The van der Waals surface area contributed by atoms with Crippen molar-refractivity contribution in [2.24, 2.45) is 0 Å². The maximum absolute atomic E-state index is 13.6. The van der Waals surface area contributed by atoms with Crippen molar-refractivity contribution in [2.45, 2.75) is 24.1 Å². The Hall–Kier alpha value is -2.25. The number of benzene rings is 2. The maximum Gasteiger partial charge on any atom is 0.282 e. The molecule has 3 rings (SSSR count). The molecule has 0 aliphatic carbocycles. The molecule has 0 unspecified atom stereocenters. The second-order valence-corrected chi connectivity index (χ2v) is 7.47. The fourth-order valence-electron chi connectivity index (χ4n) is 2.07. The first-order chi connectivity index (χ1) is 12.1. The van der Waals surface area contributed by atoms with Gasteiger partial charge in [-0.25, -0.2) is 4.39 Å². The fraction of sp³-hybridized carbons (Fsp3) is 0.167. The minimum atomic E-state index is -0.256. The van der Waals surface area contributed by atoms with E-state index in [2.05, 4.69) is 15.5 Å². The third-order valence-electron chi connectivity index (χ3n) is 3.42. The standard InChI is InChI=1S/C18H16FN3OS2/c1-12-6-8-13(9-7-12)10-20-17(23)18-22-21-16(25-18)11-24-15-5-3-2-4-14(15)19/h2-9H,10-11H2,1H3,(H,20,23). The molecule has 0 atom stereocenters. The molecule has 1 heterocycles. The van der Waals surface area contributed by atoms with Crippen molar-refractivity contribution in [2.75, 3.05) is 0 Å². The number of hydrogen-bond donors (Lipinski definition) is 1. The number of carbonyl (C=O) groups is 1. The molecule has 128 valence electrons. The number of nitrogens with zero attached hydrogens (tertiary/aromatic N) is 2. The van der Waals surface area contributed by atoms with Gasteiger partial charge in [0.2, 0.25) is 5.01 Å². The van der Waals surface area contributed by atoms with Crippen LogP contribution in [0, 0.1) is 12.7 Å². The van der Waals surface area contributed by atoms with Crippen LogP contribution in [0.2, 0.25) is 0 Å². The minimum absolute atomic E-state index is 0.250. The molecule has 4 nitrogen and oxygen atoms in total. The minimum Gasteiger partial charge on any atom is -0.346 e. The number of rotatable bonds is 6. The van der Waals surface area contributed by atoms with Crippen LogP contribution in [0.1, 0.15) is 25.9 Å². The molecule has 0 bridgehead atoms. The van der Waals surface area contributed by atoms with Crippen molar-refractivity contribution in [1.29, 1.82) is 0 Å². The van der Waals surface area contributed by atoms with E-state index in [0.717, 1.165) is 5.56 Å². The Morgan fingerprint density at radius 1 is 1.16 bits per heavy atom. The Balaban J connectivity index is 1.54. The lowest BCUT2D eigenvalue weighted by atomic mass is 10.1. The highest BCUT2D eigenvalue weighted by Gasteiger charge is 2.13. The van der Waals surface area contributed by atoms with E-state index in [1.54, 1.807) is 18.2 Å². The van der Waals surface area contributed by atoms with E-state index >= 15 is 0 Å². The van der Waals surface area contributed by atoms with E-state index in [0.29, 0.717) is 27.2 Å². The molecular weight excluding hydrogens is 357 g/mol. The second kappa shape index (κ2) is 8.22. The summed E-state index contributed by atoms with van der Waals surface area (Å²) in [5.41, 5.74) is 2.20. The summed E-state index contributed by atoms with van der Waals surface area (Å²) in [6.07, 6.45) is 0. The number of thioether (sulfide) groups is 1. The first kappa shape index (κ1) is 17.6. The average Bonchev–Trinajstić information content (AvgIpc) is 3.09. The molecular formula is C18H16FN3OS2. The summed E-state index contributed by atoms with van der Waals surface area (Å²) in [5.74, 6) is -0.0302. The Morgan fingerprint density at radius 2 is 1.92 bits per heavy atom. The molecule has 0 spiro atoms. The molecule has 0 aliphatic heterocycles. The van der Waals surface area contributed by atoms with Gasteiger partial charge in [-0.2, -0.15) is 0 Å². The van der Waals surface area contributed by atoms with Gasteiger partial charge in [0.15, 0.2) is 0 Å². The van der Waals surface area contributed by atoms with Crippen LogP contribution < -0.4 is 5.32 Å². The quantitative estimate of drug-likeness (QED) is 0.658. The third-order valence-corrected chi connectivity index (χ3v) is 5.59. The fourth-order valence-corrected chi connectivity index (χ4v) is 3.75. The van der Waals surface area contributed by atoms with Crippen LogP contribution >= 0.6 is 23.1 Å². The van der Waals surface area contributed by atoms with Gasteiger partial charge in [-0.1, -0.05) is 53.3 Å². The summed E-state index contributed by atoms with van der Waals surface area (Å²) in [4.78, 5) is 12.7. The highest BCUT2D eigenvalue weighted by atomic mass is 32.2. The predicted octanol–water partition coefficient (Wildman–Crippen LogP) is 4.21. The predicted molar refractivity (Wildman–Crippen MR) is 98.2 cm³/mol. The molecule has 25 heavy (non-hydrogen) atoms. The van der Waals surface area contributed by atoms with Crippen LogP contribution in [0.5, 0.6) is 0 Å². The van der Waals surface area contributed by atoms with Crippen LogP contribution in [0.15, 0.2) is 53.4 Å². The topological polar surface area (TPSA) is 54.9 Å². The number of halogens is 1. The van der Waals surface area contributed by atoms with Gasteiger partial charge in [-0.15, -0.1) is 22.0 Å². The number of nitrogens with one attached hydrogen (secondary N) is 1. The van der Waals surface area contributed by atoms with Crippen LogP contribution in [-0.2, 0) is 12.3 Å². The lowest BCUT2D eigenvalue weighted by molar-refractivity contribution is 0.0950. The zero-order valence-corrected chi connectivity index (χ0v) is 15.2. The van der Waals surface area contributed by atoms with Crippen molar-refractivity contribution >= 4 is 29.0 Å². The molecule has 1 amide bonds. The van der Waals surface area contributed by atoms with Crippen molar-refractivity contribution in [3.8, 4) is 0 Å². The normalized spacial score (nSPS) is 10.6. The van der Waals surface area contributed by atoms with Crippen molar-refractivity contribution in [3.05, 3.63) is 75.5 Å². The first-order valence-electron chi connectivity index (χ1n) is 7.65. The Kier molecular flexibility index (Phi) is 5.78. The van der Waals surface area contributed by atoms with Gasteiger partial charge in [-0.3, -0.25) is 4.79 Å². The molecule has 0 fully saturated rings. The molecule has 0 saturated heterocycles. The van der Waals surface area contributed by atoms with Gasteiger partial charge in [0.1, 0.15) is 10.8 Å². The van der Waals surface area contributed by atoms with E-state index in [-0.39, 0.29) is 11.7 Å². The highest BCUT2D eigenvalue weighted by molar-refractivity contribution is 7.98. The van der Waals surface area contributed by atoms with E-state index in [1.165, 1.54) is 34.7 Å². The van der Waals surface area contributed by atoms with E-state index < -0.39 is 0 Å².